The van der Waals surface area contributed by atoms with Gasteiger partial charge in [0.15, 0.2) is 6.17 Å². The molecule has 2 rings (SSSR count). The summed E-state index contributed by atoms with van der Waals surface area (Å²) in [7, 11) is 0. The maximum absolute atomic E-state index is 5.75. The quantitative estimate of drug-likeness (QED) is 0.520. The van der Waals surface area contributed by atoms with Gasteiger partial charge >= 0.3 is 0 Å². The molecule has 68 valence electrons. The van der Waals surface area contributed by atoms with E-state index in [1.165, 1.54) is 0 Å². The summed E-state index contributed by atoms with van der Waals surface area (Å²) in [6, 6.07) is 5.45. The zero-order valence-corrected chi connectivity index (χ0v) is 7.57. The van der Waals surface area contributed by atoms with Crippen LogP contribution in [0.15, 0.2) is 30.6 Å². The van der Waals surface area contributed by atoms with Gasteiger partial charge in [-0.3, -0.25) is 5.01 Å². The van der Waals surface area contributed by atoms with E-state index in [9.17, 15) is 0 Å². The number of nitrogens with zero attached hydrogens (tertiary/aromatic N) is 2. The van der Waals surface area contributed by atoms with E-state index in [4.69, 9.17) is 17.4 Å². The van der Waals surface area contributed by atoms with Crippen LogP contribution in [0.1, 0.15) is 11.9 Å². The predicted molar refractivity (Wildman–Crippen MR) is 50.3 cm³/mol. The fraction of sp³-hybridized carbons (Fsp3) is 0.125. The molecule has 0 aliphatic carbocycles. The molecule has 0 saturated carbocycles. The van der Waals surface area contributed by atoms with Crippen LogP contribution in [0, 0.1) is 0 Å². The van der Waals surface area contributed by atoms with Gasteiger partial charge in [-0.15, -0.1) is 0 Å². The summed E-state index contributed by atoms with van der Waals surface area (Å²) >= 11 is 5.75. The van der Waals surface area contributed by atoms with Crippen LogP contribution in [0.2, 0.25) is 5.15 Å². The van der Waals surface area contributed by atoms with Crippen molar-refractivity contribution in [2.24, 2.45) is 5.84 Å². The first-order chi connectivity index (χ1) is 6.27. The van der Waals surface area contributed by atoms with Crippen LogP contribution in [0.3, 0.4) is 0 Å². The molecule has 1 aliphatic rings. The Bertz CT molecular complexity index is 339. The average molecular weight is 197 g/mol. The molecule has 0 spiro atoms. The van der Waals surface area contributed by atoms with E-state index in [1.54, 1.807) is 23.5 Å². The largest absolute Gasteiger partial charge is 0.364 e. The van der Waals surface area contributed by atoms with Crippen molar-refractivity contribution >= 4 is 11.6 Å². The van der Waals surface area contributed by atoms with Crippen molar-refractivity contribution in [1.29, 1.82) is 0 Å². The SMILES string of the molecule is NN1C=CNC1c1cccc(Cl)n1. The van der Waals surface area contributed by atoms with E-state index in [-0.39, 0.29) is 6.17 Å². The third kappa shape index (κ3) is 1.59. The van der Waals surface area contributed by atoms with E-state index in [0.717, 1.165) is 5.69 Å². The summed E-state index contributed by atoms with van der Waals surface area (Å²) in [4.78, 5) is 4.15. The molecule has 1 aromatic rings. The highest BCUT2D eigenvalue weighted by Gasteiger charge is 2.18. The number of rotatable bonds is 1. The van der Waals surface area contributed by atoms with Gasteiger partial charge in [0.25, 0.3) is 0 Å². The number of nitrogens with one attached hydrogen (secondary N) is 1. The van der Waals surface area contributed by atoms with Crippen molar-refractivity contribution in [3.63, 3.8) is 0 Å². The number of hydrogen-bond donors (Lipinski definition) is 2. The van der Waals surface area contributed by atoms with Gasteiger partial charge in [0.05, 0.1) is 5.69 Å². The van der Waals surface area contributed by atoms with Crippen molar-refractivity contribution in [2.75, 3.05) is 0 Å². The Morgan fingerprint density at radius 1 is 1.54 bits per heavy atom. The molecule has 0 bridgehead atoms. The molecule has 13 heavy (non-hydrogen) atoms. The molecule has 0 amide bonds. The second-order valence-corrected chi connectivity index (χ2v) is 3.10. The number of aromatic nitrogens is 1. The molecule has 3 N–H and O–H groups in total. The minimum Gasteiger partial charge on any atom is -0.364 e. The molecule has 1 aromatic heterocycles. The Morgan fingerprint density at radius 3 is 3.00 bits per heavy atom. The lowest BCUT2D eigenvalue weighted by Gasteiger charge is -2.19. The first-order valence-electron chi connectivity index (χ1n) is 3.85. The van der Waals surface area contributed by atoms with Crippen LogP contribution in [-0.4, -0.2) is 9.99 Å². The van der Waals surface area contributed by atoms with Gasteiger partial charge in [-0.1, -0.05) is 17.7 Å². The molecule has 0 saturated heterocycles. The third-order valence-electron chi connectivity index (χ3n) is 1.82. The van der Waals surface area contributed by atoms with Gasteiger partial charge < -0.3 is 5.32 Å². The van der Waals surface area contributed by atoms with E-state index in [1.807, 2.05) is 12.1 Å². The topological polar surface area (TPSA) is 54.2 Å². The normalized spacial score (nSPS) is 20.5. The summed E-state index contributed by atoms with van der Waals surface area (Å²) in [6.45, 7) is 0. The first kappa shape index (κ1) is 8.34. The average Bonchev–Trinajstić information content (AvgIpc) is 2.51. The van der Waals surface area contributed by atoms with Crippen LogP contribution in [0.25, 0.3) is 0 Å². The number of hydrogen-bond acceptors (Lipinski definition) is 4. The molecular formula is C8H9ClN4. The van der Waals surface area contributed by atoms with Gasteiger partial charge in [-0.25, -0.2) is 10.8 Å². The van der Waals surface area contributed by atoms with Crippen molar-refractivity contribution in [1.82, 2.24) is 15.3 Å². The highest BCUT2D eigenvalue weighted by atomic mass is 35.5. The molecular weight excluding hydrogens is 188 g/mol. The monoisotopic (exact) mass is 196 g/mol. The van der Waals surface area contributed by atoms with Gasteiger partial charge in [-0.05, 0) is 12.1 Å². The van der Waals surface area contributed by atoms with Crippen LogP contribution in [0.4, 0.5) is 0 Å². The molecule has 2 heterocycles. The maximum atomic E-state index is 5.75. The second-order valence-electron chi connectivity index (χ2n) is 2.72. The molecule has 5 heteroatoms. The van der Waals surface area contributed by atoms with Crippen LogP contribution >= 0.6 is 11.6 Å². The van der Waals surface area contributed by atoms with Gasteiger partial charge in [0, 0.05) is 12.4 Å². The molecule has 4 nitrogen and oxygen atoms in total. The van der Waals surface area contributed by atoms with Crippen LogP contribution in [0.5, 0.6) is 0 Å². The molecule has 0 fully saturated rings. The van der Waals surface area contributed by atoms with Crippen molar-refractivity contribution in [3.05, 3.63) is 41.4 Å². The summed E-state index contributed by atoms with van der Waals surface area (Å²) in [5.41, 5.74) is 0.806. The Hall–Kier alpha value is -1.26. The summed E-state index contributed by atoms with van der Waals surface area (Å²) in [6.07, 6.45) is 3.40. The van der Waals surface area contributed by atoms with Crippen molar-refractivity contribution in [2.45, 2.75) is 6.17 Å². The van der Waals surface area contributed by atoms with E-state index in [2.05, 4.69) is 10.3 Å². The summed E-state index contributed by atoms with van der Waals surface area (Å²) in [5, 5.41) is 5.06. The highest BCUT2D eigenvalue weighted by molar-refractivity contribution is 6.29. The van der Waals surface area contributed by atoms with Crippen LogP contribution in [-0.2, 0) is 0 Å². The Kier molecular flexibility index (Phi) is 2.08. The number of nitrogens with two attached hydrogens (primary N) is 1. The number of hydrazine groups is 1. The Morgan fingerprint density at radius 2 is 2.38 bits per heavy atom. The van der Waals surface area contributed by atoms with E-state index < -0.39 is 0 Å². The smallest absolute Gasteiger partial charge is 0.156 e. The highest BCUT2D eigenvalue weighted by Crippen LogP contribution is 2.18. The minimum atomic E-state index is -0.112. The molecule has 0 aromatic carbocycles. The molecule has 1 atom stereocenters. The van der Waals surface area contributed by atoms with Crippen molar-refractivity contribution in [3.8, 4) is 0 Å². The standard InChI is InChI=1S/C8H9ClN4/c9-7-3-1-2-6(12-7)8-11-4-5-13(8)10/h1-5,8,11H,10H2. The van der Waals surface area contributed by atoms with E-state index >= 15 is 0 Å². The Balaban J connectivity index is 2.26. The maximum Gasteiger partial charge on any atom is 0.156 e. The van der Waals surface area contributed by atoms with Crippen LogP contribution < -0.4 is 11.2 Å². The summed E-state index contributed by atoms with van der Waals surface area (Å²) < 4.78 is 0. The predicted octanol–water partition coefficient (Wildman–Crippen LogP) is 0.984. The first-order valence-corrected chi connectivity index (χ1v) is 4.23. The molecule has 1 unspecified atom stereocenters. The Labute approximate surface area is 81.0 Å². The fourth-order valence-corrected chi connectivity index (χ4v) is 1.38. The molecule has 1 aliphatic heterocycles. The van der Waals surface area contributed by atoms with Gasteiger partial charge in [0.2, 0.25) is 0 Å². The summed E-state index contributed by atoms with van der Waals surface area (Å²) in [5.74, 6) is 5.66. The third-order valence-corrected chi connectivity index (χ3v) is 2.03. The minimum absolute atomic E-state index is 0.112. The second kappa shape index (κ2) is 3.24. The number of pyridine rings is 1. The lowest BCUT2D eigenvalue weighted by molar-refractivity contribution is 0.287. The molecule has 0 radical (unpaired) electrons. The zero-order chi connectivity index (χ0) is 9.26. The number of halogens is 1. The van der Waals surface area contributed by atoms with E-state index in [0.29, 0.717) is 5.15 Å². The lowest BCUT2D eigenvalue weighted by atomic mass is 10.3. The fourth-order valence-electron chi connectivity index (χ4n) is 1.21. The lowest BCUT2D eigenvalue weighted by Crippen LogP contribution is -2.32. The zero-order valence-electron chi connectivity index (χ0n) is 6.81. The van der Waals surface area contributed by atoms with Gasteiger partial charge in [0.1, 0.15) is 5.15 Å². The van der Waals surface area contributed by atoms with Gasteiger partial charge in [-0.2, -0.15) is 0 Å². The van der Waals surface area contributed by atoms with Crippen molar-refractivity contribution < 1.29 is 0 Å².